The Bertz CT molecular complexity index is 1150. The molecule has 1 aliphatic rings. The number of hydrogen-bond donors (Lipinski definition) is 0. The molecule has 0 radical (unpaired) electrons. The highest BCUT2D eigenvalue weighted by atomic mass is 32.2. The van der Waals surface area contributed by atoms with Crippen molar-refractivity contribution in [2.75, 3.05) is 31.9 Å². The average molecular weight is 447 g/mol. The summed E-state index contributed by atoms with van der Waals surface area (Å²) in [6.07, 6.45) is 3.38. The summed E-state index contributed by atoms with van der Waals surface area (Å²) in [6, 6.07) is 6.92. The summed E-state index contributed by atoms with van der Waals surface area (Å²) in [6.45, 7) is 5.14. The van der Waals surface area contributed by atoms with Crippen LogP contribution in [0.15, 0.2) is 46.7 Å². The number of nitrogens with zero attached hydrogens (tertiary/aromatic N) is 6. The van der Waals surface area contributed by atoms with Gasteiger partial charge < -0.3 is 4.90 Å². The van der Waals surface area contributed by atoms with E-state index in [1.807, 2.05) is 19.9 Å². The van der Waals surface area contributed by atoms with Crippen LogP contribution in [0.5, 0.6) is 0 Å². The first-order chi connectivity index (χ1) is 14.3. The molecular weight excluding hydrogens is 424 g/mol. The molecule has 30 heavy (non-hydrogen) atoms. The molecule has 3 aromatic rings. The third-order valence-corrected chi connectivity index (χ3v) is 7.85. The number of hydrogen-bond acceptors (Lipinski definition) is 7. The van der Waals surface area contributed by atoms with Crippen LogP contribution >= 0.6 is 11.8 Å². The smallest absolute Gasteiger partial charge is 0.253 e. The molecule has 0 aliphatic carbocycles. The van der Waals surface area contributed by atoms with Crippen molar-refractivity contribution in [3.05, 3.63) is 47.8 Å². The summed E-state index contributed by atoms with van der Waals surface area (Å²) in [5.74, 6) is 0.619. The molecule has 9 nitrogen and oxygen atoms in total. The predicted octanol–water partition coefficient (Wildman–Crippen LogP) is 1.37. The Morgan fingerprint density at radius 1 is 1.13 bits per heavy atom. The lowest BCUT2D eigenvalue weighted by Gasteiger charge is -2.34. The number of piperazine rings is 1. The minimum absolute atomic E-state index is 0.0601. The van der Waals surface area contributed by atoms with Crippen LogP contribution in [-0.4, -0.2) is 75.0 Å². The maximum atomic E-state index is 12.9. The molecule has 1 aromatic carbocycles. The van der Waals surface area contributed by atoms with E-state index in [-0.39, 0.29) is 24.7 Å². The number of fused-ring (bicyclic) bond motifs is 1. The number of rotatable bonds is 5. The van der Waals surface area contributed by atoms with Crippen LogP contribution < -0.4 is 0 Å². The lowest BCUT2D eigenvalue weighted by Crippen LogP contribution is -2.51. The number of carbonyl (C=O) groups excluding carboxylic acids is 1. The molecule has 0 N–H and O–H groups in total. The molecule has 1 amide bonds. The van der Waals surface area contributed by atoms with E-state index in [9.17, 15) is 13.2 Å². The van der Waals surface area contributed by atoms with E-state index in [0.717, 1.165) is 11.1 Å². The molecule has 0 unspecified atom stereocenters. The van der Waals surface area contributed by atoms with Gasteiger partial charge in [0.05, 0.1) is 10.6 Å². The Morgan fingerprint density at radius 2 is 1.90 bits per heavy atom. The minimum atomic E-state index is -3.56. The quantitative estimate of drug-likeness (QED) is 0.546. The SMILES string of the molecule is Cc1ccc(S(=O)(=O)N2CCN(C(=O)CSc3nc4ncccn4n3)CC2)cc1C. The third-order valence-electron chi connectivity index (χ3n) is 5.13. The molecule has 1 saturated heterocycles. The van der Waals surface area contributed by atoms with Gasteiger partial charge >= 0.3 is 0 Å². The van der Waals surface area contributed by atoms with E-state index in [4.69, 9.17) is 0 Å². The maximum Gasteiger partial charge on any atom is 0.253 e. The number of carbonyl (C=O) groups is 1. The number of sulfonamides is 1. The minimum Gasteiger partial charge on any atom is -0.339 e. The van der Waals surface area contributed by atoms with Crippen LogP contribution in [0.2, 0.25) is 0 Å². The van der Waals surface area contributed by atoms with Gasteiger partial charge in [-0.3, -0.25) is 4.79 Å². The van der Waals surface area contributed by atoms with E-state index < -0.39 is 10.0 Å². The Hall–Kier alpha value is -2.50. The van der Waals surface area contributed by atoms with Gasteiger partial charge in [-0.05, 0) is 43.2 Å². The highest BCUT2D eigenvalue weighted by Crippen LogP contribution is 2.21. The Morgan fingerprint density at radius 3 is 2.60 bits per heavy atom. The number of aryl methyl sites for hydroxylation is 2. The van der Waals surface area contributed by atoms with E-state index >= 15 is 0 Å². The zero-order valence-corrected chi connectivity index (χ0v) is 18.4. The monoisotopic (exact) mass is 446 g/mol. The van der Waals surface area contributed by atoms with Crippen molar-refractivity contribution in [3.63, 3.8) is 0 Å². The van der Waals surface area contributed by atoms with E-state index in [1.54, 1.807) is 40.0 Å². The van der Waals surface area contributed by atoms with Crippen LogP contribution in [0, 0.1) is 13.8 Å². The van der Waals surface area contributed by atoms with Gasteiger partial charge in [-0.25, -0.2) is 17.9 Å². The molecule has 0 saturated carbocycles. The van der Waals surface area contributed by atoms with Gasteiger partial charge in [-0.1, -0.05) is 17.8 Å². The van der Waals surface area contributed by atoms with Crippen molar-refractivity contribution in [2.45, 2.75) is 23.9 Å². The topological polar surface area (TPSA) is 101 Å². The van der Waals surface area contributed by atoms with Gasteiger partial charge in [-0.2, -0.15) is 9.29 Å². The van der Waals surface area contributed by atoms with Gasteiger partial charge in [0.2, 0.25) is 21.1 Å². The first kappa shape index (κ1) is 20.8. The van der Waals surface area contributed by atoms with Gasteiger partial charge in [-0.15, -0.1) is 5.10 Å². The van der Waals surface area contributed by atoms with Crippen molar-refractivity contribution in [3.8, 4) is 0 Å². The van der Waals surface area contributed by atoms with Crippen LogP contribution in [0.1, 0.15) is 11.1 Å². The summed E-state index contributed by atoms with van der Waals surface area (Å²) in [4.78, 5) is 22.9. The zero-order chi connectivity index (χ0) is 21.3. The molecule has 158 valence electrons. The maximum absolute atomic E-state index is 12.9. The first-order valence-corrected chi connectivity index (χ1v) is 11.9. The molecule has 0 bridgehead atoms. The highest BCUT2D eigenvalue weighted by Gasteiger charge is 2.30. The number of thioether (sulfide) groups is 1. The van der Waals surface area contributed by atoms with Gasteiger partial charge in [0.1, 0.15) is 0 Å². The summed E-state index contributed by atoms with van der Waals surface area (Å²) >= 11 is 1.25. The molecule has 11 heteroatoms. The van der Waals surface area contributed by atoms with Crippen molar-refractivity contribution >= 4 is 33.5 Å². The number of amides is 1. The number of aromatic nitrogens is 4. The van der Waals surface area contributed by atoms with Crippen molar-refractivity contribution in [1.29, 1.82) is 0 Å². The van der Waals surface area contributed by atoms with E-state index in [2.05, 4.69) is 15.1 Å². The fraction of sp³-hybridized carbons (Fsp3) is 0.368. The fourth-order valence-corrected chi connectivity index (χ4v) is 5.43. The van der Waals surface area contributed by atoms with Crippen LogP contribution in [0.4, 0.5) is 0 Å². The van der Waals surface area contributed by atoms with Crippen molar-refractivity contribution < 1.29 is 13.2 Å². The molecular formula is C19H22N6O3S2. The van der Waals surface area contributed by atoms with Crippen LogP contribution in [-0.2, 0) is 14.8 Å². The average Bonchev–Trinajstić information content (AvgIpc) is 3.17. The highest BCUT2D eigenvalue weighted by molar-refractivity contribution is 7.99. The molecule has 3 heterocycles. The van der Waals surface area contributed by atoms with Crippen molar-refractivity contribution in [1.82, 2.24) is 28.8 Å². The van der Waals surface area contributed by atoms with Crippen LogP contribution in [0.3, 0.4) is 0 Å². The summed E-state index contributed by atoms with van der Waals surface area (Å²) in [5, 5.41) is 4.75. The largest absolute Gasteiger partial charge is 0.339 e. The van der Waals surface area contributed by atoms with Gasteiger partial charge in [0.15, 0.2) is 0 Å². The van der Waals surface area contributed by atoms with Gasteiger partial charge in [0, 0.05) is 38.6 Å². The molecule has 1 aliphatic heterocycles. The van der Waals surface area contributed by atoms with Crippen molar-refractivity contribution in [2.24, 2.45) is 0 Å². The Labute approximate surface area is 179 Å². The summed E-state index contributed by atoms with van der Waals surface area (Å²) < 4.78 is 28.8. The van der Waals surface area contributed by atoms with Gasteiger partial charge in [0.25, 0.3) is 5.78 Å². The normalized spacial score (nSPS) is 15.6. The first-order valence-electron chi connectivity index (χ1n) is 9.50. The third kappa shape index (κ3) is 4.18. The summed E-state index contributed by atoms with van der Waals surface area (Å²) in [5.41, 5.74) is 2.00. The molecule has 1 fully saturated rings. The second kappa shape index (κ2) is 8.32. The second-order valence-corrected chi connectivity index (χ2v) is 9.96. The molecule has 2 aromatic heterocycles. The molecule has 0 spiro atoms. The Balaban J connectivity index is 1.34. The van der Waals surface area contributed by atoms with Crippen LogP contribution in [0.25, 0.3) is 5.78 Å². The molecule has 4 rings (SSSR count). The molecule has 0 atom stereocenters. The zero-order valence-electron chi connectivity index (χ0n) is 16.7. The van der Waals surface area contributed by atoms with E-state index in [0.29, 0.717) is 28.9 Å². The summed E-state index contributed by atoms with van der Waals surface area (Å²) in [7, 11) is -3.56. The fourth-order valence-electron chi connectivity index (χ4n) is 3.19. The lowest BCUT2D eigenvalue weighted by molar-refractivity contribution is -0.129. The van der Waals surface area contributed by atoms with E-state index in [1.165, 1.54) is 16.1 Å². The Kier molecular flexibility index (Phi) is 5.76. The number of benzene rings is 1. The standard InChI is InChI=1S/C19H22N6O3S2/c1-14-4-5-16(12-15(14)2)30(27,28)24-10-8-23(9-11-24)17(26)13-29-19-21-18-20-6-3-7-25(18)22-19/h3-7,12H,8-11,13H2,1-2H3. The predicted molar refractivity (Wildman–Crippen MR) is 113 cm³/mol. The second-order valence-electron chi connectivity index (χ2n) is 7.08. The lowest BCUT2D eigenvalue weighted by atomic mass is 10.1.